The van der Waals surface area contributed by atoms with Gasteiger partial charge in [0.05, 0.1) is 6.04 Å². The van der Waals surface area contributed by atoms with Crippen LogP contribution in [-0.2, 0) is 0 Å². The fourth-order valence-corrected chi connectivity index (χ4v) is 0.905. The molecule has 0 spiro atoms. The number of allylic oxidation sites excluding steroid dienone is 1. The Bertz CT molecular complexity index is 122. The standard InChI is InChI=1S/C8H13N/c1-7(2)8-5-3-4-6-9-8/h3,5-8H,4H2,1-2H3. The van der Waals surface area contributed by atoms with E-state index in [9.17, 15) is 0 Å². The van der Waals surface area contributed by atoms with Gasteiger partial charge in [-0.25, -0.2) is 0 Å². The van der Waals surface area contributed by atoms with Crippen molar-refractivity contribution >= 4 is 6.21 Å². The van der Waals surface area contributed by atoms with Crippen LogP contribution in [0.5, 0.6) is 0 Å². The Hall–Kier alpha value is -0.590. The van der Waals surface area contributed by atoms with E-state index >= 15 is 0 Å². The third kappa shape index (κ3) is 1.67. The molecule has 1 aliphatic heterocycles. The Morgan fingerprint density at radius 1 is 1.56 bits per heavy atom. The first-order chi connectivity index (χ1) is 4.30. The number of aliphatic imine (C=N–C) groups is 1. The Balaban J connectivity index is 2.49. The van der Waals surface area contributed by atoms with E-state index in [0.717, 1.165) is 6.42 Å². The van der Waals surface area contributed by atoms with E-state index in [0.29, 0.717) is 12.0 Å². The second-order valence-corrected chi connectivity index (χ2v) is 2.73. The maximum Gasteiger partial charge on any atom is 0.0699 e. The van der Waals surface area contributed by atoms with E-state index in [1.165, 1.54) is 0 Å². The minimum Gasteiger partial charge on any atom is -0.289 e. The Morgan fingerprint density at radius 3 is 2.67 bits per heavy atom. The molecule has 1 aliphatic rings. The van der Waals surface area contributed by atoms with E-state index in [1.807, 2.05) is 6.21 Å². The van der Waals surface area contributed by atoms with Gasteiger partial charge < -0.3 is 0 Å². The Morgan fingerprint density at radius 2 is 2.33 bits per heavy atom. The number of dihydropyridines is 1. The third-order valence-electron chi connectivity index (χ3n) is 1.54. The van der Waals surface area contributed by atoms with Crippen molar-refractivity contribution < 1.29 is 0 Å². The molecular weight excluding hydrogens is 110 g/mol. The van der Waals surface area contributed by atoms with Crippen LogP contribution >= 0.6 is 0 Å². The number of nitrogens with zero attached hydrogens (tertiary/aromatic N) is 1. The summed E-state index contributed by atoms with van der Waals surface area (Å²) in [6.07, 6.45) is 7.37. The second kappa shape index (κ2) is 2.81. The summed E-state index contributed by atoms with van der Waals surface area (Å²) in [4.78, 5) is 4.32. The molecule has 0 N–H and O–H groups in total. The van der Waals surface area contributed by atoms with Gasteiger partial charge in [-0.3, -0.25) is 4.99 Å². The molecule has 9 heavy (non-hydrogen) atoms. The van der Waals surface area contributed by atoms with Crippen LogP contribution < -0.4 is 0 Å². The van der Waals surface area contributed by atoms with Gasteiger partial charge in [0.15, 0.2) is 0 Å². The van der Waals surface area contributed by atoms with E-state index in [2.05, 4.69) is 31.0 Å². The molecule has 0 saturated heterocycles. The smallest absolute Gasteiger partial charge is 0.0699 e. The van der Waals surface area contributed by atoms with Crippen molar-refractivity contribution in [3.63, 3.8) is 0 Å². The zero-order chi connectivity index (χ0) is 6.69. The molecular formula is C8H13N. The summed E-state index contributed by atoms with van der Waals surface area (Å²) in [6.45, 7) is 4.38. The average Bonchev–Trinajstić information content (AvgIpc) is 1.90. The minimum atomic E-state index is 0.443. The van der Waals surface area contributed by atoms with Crippen LogP contribution in [-0.4, -0.2) is 12.3 Å². The number of rotatable bonds is 1. The van der Waals surface area contributed by atoms with Crippen LogP contribution in [0.2, 0.25) is 0 Å². The highest BCUT2D eigenvalue weighted by atomic mass is 14.8. The topological polar surface area (TPSA) is 12.4 Å². The molecule has 50 valence electrons. The van der Waals surface area contributed by atoms with Crippen molar-refractivity contribution in [2.24, 2.45) is 10.9 Å². The lowest BCUT2D eigenvalue weighted by Crippen LogP contribution is -2.11. The van der Waals surface area contributed by atoms with Crippen molar-refractivity contribution in [3.8, 4) is 0 Å². The van der Waals surface area contributed by atoms with Crippen LogP contribution in [0.25, 0.3) is 0 Å². The van der Waals surface area contributed by atoms with Crippen molar-refractivity contribution in [2.45, 2.75) is 26.3 Å². The lowest BCUT2D eigenvalue weighted by Gasteiger charge is -2.13. The Labute approximate surface area is 56.5 Å². The molecule has 0 radical (unpaired) electrons. The van der Waals surface area contributed by atoms with Crippen LogP contribution in [0.15, 0.2) is 17.1 Å². The van der Waals surface area contributed by atoms with E-state index in [4.69, 9.17) is 0 Å². The first-order valence-corrected chi connectivity index (χ1v) is 3.49. The van der Waals surface area contributed by atoms with Crippen LogP contribution in [0, 0.1) is 5.92 Å². The first-order valence-electron chi connectivity index (χ1n) is 3.49. The first kappa shape index (κ1) is 6.53. The Kier molecular flexibility index (Phi) is 2.04. The predicted molar refractivity (Wildman–Crippen MR) is 40.9 cm³/mol. The van der Waals surface area contributed by atoms with Gasteiger partial charge in [-0.1, -0.05) is 26.0 Å². The molecule has 1 heterocycles. The molecule has 1 unspecified atom stereocenters. The summed E-state index contributed by atoms with van der Waals surface area (Å²) in [7, 11) is 0. The van der Waals surface area contributed by atoms with Gasteiger partial charge >= 0.3 is 0 Å². The summed E-state index contributed by atoms with van der Waals surface area (Å²) in [5.74, 6) is 0.651. The summed E-state index contributed by atoms with van der Waals surface area (Å²) >= 11 is 0. The van der Waals surface area contributed by atoms with E-state index in [1.54, 1.807) is 0 Å². The highest BCUT2D eigenvalue weighted by molar-refractivity contribution is 5.61. The molecule has 1 heteroatoms. The molecule has 0 aromatic heterocycles. The predicted octanol–water partition coefficient (Wildman–Crippen LogP) is 2.04. The lowest BCUT2D eigenvalue weighted by atomic mass is 10.0. The molecule has 0 amide bonds. The third-order valence-corrected chi connectivity index (χ3v) is 1.54. The van der Waals surface area contributed by atoms with Crippen LogP contribution in [0.1, 0.15) is 20.3 Å². The molecule has 1 rings (SSSR count). The van der Waals surface area contributed by atoms with Gasteiger partial charge in [-0.2, -0.15) is 0 Å². The number of hydrogen-bond acceptors (Lipinski definition) is 1. The molecule has 0 fully saturated rings. The normalized spacial score (nSPS) is 25.4. The van der Waals surface area contributed by atoms with Crippen molar-refractivity contribution in [1.82, 2.24) is 0 Å². The fraction of sp³-hybridized carbons (Fsp3) is 0.625. The highest BCUT2D eigenvalue weighted by Crippen LogP contribution is 2.10. The summed E-state index contributed by atoms with van der Waals surface area (Å²) < 4.78 is 0. The van der Waals surface area contributed by atoms with Gasteiger partial charge in [0.25, 0.3) is 0 Å². The van der Waals surface area contributed by atoms with Gasteiger partial charge in [0, 0.05) is 12.6 Å². The quantitative estimate of drug-likeness (QED) is 0.473. The molecule has 0 aliphatic carbocycles. The SMILES string of the molecule is CC(C)C1C=CCC=N1. The fourth-order valence-electron chi connectivity index (χ4n) is 0.905. The molecule has 0 aromatic carbocycles. The van der Waals surface area contributed by atoms with E-state index < -0.39 is 0 Å². The second-order valence-electron chi connectivity index (χ2n) is 2.73. The zero-order valence-corrected chi connectivity index (χ0v) is 6.04. The zero-order valence-electron chi connectivity index (χ0n) is 6.04. The van der Waals surface area contributed by atoms with Crippen molar-refractivity contribution in [1.29, 1.82) is 0 Å². The summed E-state index contributed by atoms with van der Waals surface area (Å²) in [6, 6.07) is 0.443. The number of hydrogen-bond donors (Lipinski definition) is 0. The van der Waals surface area contributed by atoms with Crippen LogP contribution in [0.4, 0.5) is 0 Å². The van der Waals surface area contributed by atoms with E-state index in [-0.39, 0.29) is 0 Å². The molecule has 0 bridgehead atoms. The minimum absolute atomic E-state index is 0.443. The van der Waals surface area contributed by atoms with Crippen LogP contribution in [0.3, 0.4) is 0 Å². The summed E-state index contributed by atoms with van der Waals surface area (Å²) in [5.41, 5.74) is 0. The molecule has 1 atom stereocenters. The maximum absolute atomic E-state index is 4.32. The van der Waals surface area contributed by atoms with Crippen molar-refractivity contribution in [3.05, 3.63) is 12.2 Å². The monoisotopic (exact) mass is 123 g/mol. The molecule has 0 saturated carbocycles. The van der Waals surface area contributed by atoms with Crippen molar-refractivity contribution in [2.75, 3.05) is 0 Å². The van der Waals surface area contributed by atoms with Gasteiger partial charge in [0.1, 0.15) is 0 Å². The van der Waals surface area contributed by atoms with Gasteiger partial charge in [-0.05, 0) is 5.92 Å². The van der Waals surface area contributed by atoms with Gasteiger partial charge in [-0.15, -0.1) is 0 Å². The maximum atomic E-state index is 4.32. The van der Waals surface area contributed by atoms with Gasteiger partial charge in [0.2, 0.25) is 0 Å². The average molecular weight is 123 g/mol. The highest BCUT2D eigenvalue weighted by Gasteiger charge is 2.07. The largest absolute Gasteiger partial charge is 0.289 e. The molecule has 1 nitrogen and oxygen atoms in total. The summed E-state index contributed by atoms with van der Waals surface area (Å²) in [5, 5.41) is 0. The lowest BCUT2D eigenvalue weighted by molar-refractivity contribution is 0.570. The molecule has 0 aromatic rings.